The van der Waals surface area contributed by atoms with Gasteiger partial charge >= 0.3 is 0 Å². The molecule has 2 aliphatic carbocycles. The number of hydrogen-bond donors (Lipinski definition) is 0. The zero-order valence-electron chi connectivity index (χ0n) is 10.4. The van der Waals surface area contributed by atoms with Gasteiger partial charge in [0, 0.05) is 5.41 Å². The molecule has 0 aliphatic heterocycles. The average molecular weight is 216 g/mol. The second-order valence-electron chi connectivity index (χ2n) is 6.06. The Morgan fingerprint density at radius 1 is 1.31 bits per heavy atom. The van der Waals surface area contributed by atoms with Gasteiger partial charge < -0.3 is 4.42 Å². The standard InChI is InChI=1S/C15H20O/c1-10-4-5-13-12(8-10)9-11-6-7-16-14(11)15(13,2)3/h4,6-7,12-13H,5,8-9H2,1-3H3/t12-,13-/m0/s1. The van der Waals surface area contributed by atoms with Gasteiger partial charge in [0.05, 0.1) is 6.26 Å². The van der Waals surface area contributed by atoms with Crippen molar-refractivity contribution in [2.75, 3.05) is 0 Å². The third-order valence-corrected chi connectivity index (χ3v) is 4.61. The number of rotatable bonds is 0. The van der Waals surface area contributed by atoms with Crippen molar-refractivity contribution in [3.05, 3.63) is 35.3 Å². The fourth-order valence-electron chi connectivity index (χ4n) is 3.77. The van der Waals surface area contributed by atoms with Crippen molar-refractivity contribution < 1.29 is 4.42 Å². The molecule has 0 spiro atoms. The first-order valence-corrected chi connectivity index (χ1v) is 6.31. The van der Waals surface area contributed by atoms with Gasteiger partial charge in [0.15, 0.2) is 0 Å². The van der Waals surface area contributed by atoms with Crippen LogP contribution in [-0.4, -0.2) is 0 Å². The molecule has 1 heterocycles. The summed E-state index contributed by atoms with van der Waals surface area (Å²) in [4.78, 5) is 0. The van der Waals surface area contributed by atoms with Gasteiger partial charge in [-0.15, -0.1) is 0 Å². The Morgan fingerprint density at radius 3 is 2.94 bits per heavy atom. The van der Waals surface area contributed by atoms with E-state index in [0.717, 1.165) is 11.8 Å². The normalized spacial score (nSPS) is 31.6. The van der Waals surface area contributed by atoms with Crippen LogP contribution in [0.3, 0.4) is 0 Å². The smallest absolute Gasteiger partial charge is 0.112 e. The van der Waals surface area contributed by atoms with Crippen LogP contribution in [0.4, 0.5) is 0 Å². The highest BCUT2D eigenvalue weighted by atomic mass is 16.3. The molecule has 0 bridgehead atoms. The first-order valence-electron chi connectivity index (χ1n) is 6.31. The van der Waals surface area contributed by atoms with Crippen LogP contribution in [0.5, 0.6) is 0 Å². The van der Waals surface area contributed by atoms with Crippen LogP contribution in [-0.2, 0) is 11.8 Å². The van der Waals surface area contributed by atoms with Crippen molar-refractivity contribution in [2.45, 2.75) is 45.4 Å². The summed E-state index contributed by atoms with van der Waals surface area (Å²) < 4.78 is 5.73. The lowest BCUT2D eigenvalue weighted by atomic mass is 9.59. The molecule has 16 heavy (non-hydrogen) atoms. The fourth-order valence-corrected chi connectivity index (χ4v) is 3.77. The van der Waals surface area contributed by atoms with Crippen LogP contribution in [0.25, 0.3) is 0 Å². The lowest BCUT2D eigenvalue weighted by Crippen LogP contribution is -2.40. The molecule has 1 nitrogen and oxygen atoms in total. The molecule has 3 rings (SSSR count). The van der Waals surface area contributed by atoms with Crippen molar-refractivity contribution >= 4 is 0 Å². The van der Waals surface area contributed by atoms with Crippen LogP contribution in [0.1, 0.15) is 44.9 Å². The maximum absolute atomic E-state index is 5.73. The van der Waals surface area contributed by atoms with Crippen molar-refractivity contribution in [1.82, 2.24) is 0 Å². The van der Waals surface area contributed by atoms with E-state index in [2.05, 4.69) is 32.9 Å². The number of fused-ring (bicyclic) bond motifs is 2. The van der Waals surface area contributed by atoms with Crippen LogP contribution >= 0.6 is 0 Å². The highest BCUT2D eigenvalue weighted by Gasteiger charge is 2.44. The minimum Gasteiger partial charge on any atom is -0.468 e. The number of hydrogen-bond acceptors (Lipinski definition) is 1. The van der Waals surface area contributed by atoms with E-state index in [1.54, 1.807) is 5.57 Å². The minimum atomic E-state index is 0.207. The average Bonchev–Trinajstić information content (AvgIpc) is 2.65. The van der Waals surface area contributed by atoms with E-state index in [1.165, 1.54) is 30.6 Å². The fraction of sp³-hybridized carbons (Fsp3) is 0.600. The lowest BCUT2D eigenvalue weighted by Gasteiger charge is -2.44. The molecule has 1 aromatic heterocycles. The molecule has 2 aliphatic rings. The highest BCUT2D eigenvalue weighted by Crippen LogP contribution is 2.49. The van der Waals surface area contributed by atoms with Crippen molar-refractivity contribution in [2.24, 2.45) is 11.8 Å². The Hall–Kier alpha value is -0.980. The zero-order valence-corrected chi connectivity index (χ0v) is 10.4. The molecule has 0 amide bonds. The summed E-state index contributed by atoms with van der Waals surface area (Å²) in [6, 6.07) is 2.17. The van der Waals surface area contributed by atoms with Gasteiger partial charge in [-0.3, -0.25) is 0 Å². The van der Waals surface area contributed by atoms with Crippen LogP contribution < -0.4 is 0 Å². The van der Waals surface area contributed by atoms with Crippen LogP contribution in [0, 0.1) is 11.8 Å². The summed E-state index contributed by atoms with van der Waals surface area (Å²) in [7, 11) is 0. The molecule has 0 saturated carbocycles. The molecule has 86 valence electrons. The predicted molar refractivity (Wildman–Crippen MR) is 65.4 cm³/mol. The van der Waals surface area contributed by atoms with E-state index in [-0.39, 0.29) is 5.41 Å². The van der Waals surface area contributed by atoms with E-state index < -0.39 is 0 Å². The summed E-state index contributed by atoms with van der Waals surface area (Å²) in [5, 5.41) is 0. The largest absolute Gasteiger partial charge is 0.468 e. The summed E-state index contributed by atoms with van der Waals surface area (Å²) in [6.07, 6.45) is 8.01. The second-order valence-corrected chi connectivity index (χ2v) is 6.06. The quantitative estimate of drug-likeness (QED) is 0.595. The van der Waals surface area contributed by atoms with Crippen molar-refractivity contribution in [1.29, 1.82) is 0 Å². The predicted octanol–water partition coefficient (Wildman–Crippen LogP) is 4.09. The van der Waals surface area contributed by atoms with E-state index >= 15 is 0 Å². The monoisotopic (exact) mass is 216 g/mol. The lowest BCUT2D eigenvalue weighted by molar-refractivity contribution is 0.154. The second kappa shape index (κ2) is 3.26. The SMILES string of the molecule is CC1=CC[C@H]2[C@@H](C1)Cc1ccoc1C2(C)C. The molecule has 0 unspecified atom stereocenters. The molecule has 1 aromatic rings. The Morgan fingerprint density at radius 2 is 2.12 bits per heavy atom. The zero-order chi connectivity index (χ0) is 11.3. The van der Waals surface area contributed by atoms with E-state index in [1.807, 2.05) is 6.26 Å². The molecule has 0 N–H and O–H groups in total. The van der Waals surface area contributed by atoms with E-state index in [0.29, 0.717) is 0 Å². The molecule has 2 atom stereocenters. The van der Waals surface area contributed by atoms with Gasteiger partial charge in [0.1, 0.15) is 5.76 Å². The topological polar surface area (TPSA) is 13.1 Å². The Labute approximate surface area is 97.5 Å². The van der Waals surface area contributed by atoms with E-state index in [4.69, 9.17) is 4.42 Å². The maximum atomic E-state index is 5.73. The Bertz CT molecular complexity index is 436. The molecule has 0 radical (unpaired) electrons. The van der Waals surface area contributed by atoms with Gasteiger partial charge in [-0.25, -0.2) is 0 Å². The molecule has 0 fully saturated rings. The summed E-state index contributed by atoms with van der Waals surface area (Å²) in [6.45, 7) is 6.97. The van der Waals surface area contributed by atoms with Gasteiger partial charge in [-0.05, 0) is 49.7 Å². The first-order chi connectivity index (χ1) is 7.59. The van der Waals surface area contributed by atoms with Gasteiger partial charge in [0.25, 0.3) is 0 Å². The molecular formula is C15H20O. The number of furan rings is 1. The third kappa shape index (κ3) is 1.30. The minimum absolute atomic E-state index is 0.207. The Kier molecular flexibility index (Phi) is 2.07. The van der Waals surface area contributed by atoms with E-state index in [9.17, 15) is 0 Å². The van der Waals surface area contributed by atoms with Gasteiger partial charge in [0.2, 0.25) is 0 Å². The summed E-state index contributed by atoms with van der Waals surface area (Å²) >= 11 is 0. The molecular weight excluding hydrogens is 196 g/mol. The summed E-state index contributed by atoms with van der Waals surface area (Å²) in [5.74, 6) is 2.82. The third-order valence-electron chi connectivity index (χ3n) is 4.61. The van der Waals surface area contributed by atoms with Gasteiger partial charge in [-0.1, -0.05) is 25.5 Å². The number of allylic oxidation sites excluding steroid dienone is 2. The summed E-state index contributed by atoms with van der Waals surface area (Å²) in [5.41, 5.74) is 3.23. The van der Waals surface area contributed by atoms with Crippen LogP contribution in [0.2, 0.25) is 0 Å². The van der Waals surface area contributed by atoms with Crippen LogP contribution in [0.15, 0.2) is 28.4 Å². The van der Waals surface area contributed by atoms with Gasteiger partial charge in [-0.2, -0.15) is 0 Å². The molecule has 0 aromatic carbocycles. The van der Waals surface area contributed by atoms with Crippen molar-refractivity contribution in [3.8, 4) is 0 Å². The first kappa shape index (κ1) is 10.2. The highest BCUT2D eigenvalue weighted by molar-refractivity contribution is 5.31. The maximum Gasteiger partial charge on any atom is 0.112 e. The molecule has 1 heteroatoms. The molecule has 0 saturated heterocycles. The van der Waals surface area contributed by atoms with Crippen molar-refractivity contribution in [3.63, 3.8) is 0 Å². The Balaban J connectivity index is 2.05.